The van der Waals surface area contributed by atoms with Crippen LogP contribution in [0.1, 0.15) is 33.6 Å². The molecule has 4 heteroatoms. The van der Waals surface area contributed by atoms with Gasteiger partial charge in [-0.25, -0.2) is 0 Å². The van der Waals surface area contributed by atoms with Crippen LogP contribution in [0.4, 0.5) is 0 Å². The minimum Gasteiger partial charge on any atom is -0.407 e. The van der Waals surface area contributed by atoms with Gasteiger partial charge in [0.1, 0.15) is 0 Å². The first-order valence-electron chi connectivity index (χ1n) is 9.47. The van der Waals surface area contributed by atoms with E-state index in [0.29, 0.717) is 25.3 Å². The summed E-state index contributed by atoms with van der Waals surface area (Å²) in [5.41, 5.74) is 0.856. The molecule has 2 rings (SSSR count). The monoisotopic (exact) mass is 402 g/mol. The summed E-state index contributed by atoms with van der Waals surface area (Å²) < 4.78 is 6.77. The van der Waals surface area contributed by atoms with Crippen LogP contribution in [0.3, 0.4) is 0 Å². The lowest BCUT2D eigenvalue weighted by atomic mass is 10.1. The molecular weight excluding hydrogens is 372 g/mol. The van der Waals surface area contributed by atoms with Gasteiger partial charge in [-0.05, 0) is 28.3 Å². The maximum atomic E-state index is 10.3. The van der Waals surface area contributed by atoms with Gasteiger partial charge >= 0.3 is 0 Å². The van der Waals surface area contributed by atoms with Crippen molar-refractivity contribution in [2.45, 2.75) is 44.8 Å². The smallest absolute Gasteiger partial charge is 0.261 e. The Balaban J connectivity index is 2.34. The van der Waals surface area contributed by atoms with Crippen LogP contribution in [0, 0.1) is 0 Å². The van der Waals surface area contributed by atoms with Crippen molar-refractivity contribution in [2.24, 2.45) is 0 Å². The molecule has 0 heterocycles. The predicted molar refractivity (Wildman–Crippen MR) is 119 cm³/mol. The molecule has 0 radical (unpaired) electrons. The second kappa shape index (κ2) is 9.70. The van der Waals surface area contributed by atoms with E-state index in [1.165, 1.54) is 10.4 Å². The summed E-state index contributed by atoms with van der Waals surface area (Å²) >= 11 is 5.79. The van der Waals surface area contributed by atoms with E-state index in [4.69, 9.17) is 16.0 Å². The molecule has 0 fully saturated rings. The van der Waals surface area contributed by atoms with E-state index in [1.807, 2.05) is 12.1 Å². The summed E-state index contributed by atoms with van der Waals surface area (Å²) in [6, 6.07) is 21.1. The average molecular weight is 403 g/mol. The molecule has 0 unspecified atom stereocenters. The molecule has 0 aliphatic heterocycles. The second-order valence-electron chi connectivity index (χ2n) is 8.04. The standard InChI is InChI=1S/C23H31ClO2Si/c1-19(18-24)17-20(25)15-16-26-27(23(2,3)4,21-11-7-5-8-12-21)22-13-9-6-10-14-22/h5-14,20,25H,1,15-18H2,2-4H3/t20-/m1/s1. The lowest BCUT2D eigenvalue weighted by molar-refractivity contribution is 0.136. The summed E-state index contributed by atoms with van der Waals surface area (Å²) in [5, 5.41) is 12.8. The van der Waals surface area contributed by atoms with Crippen LogP contribution < -0.4 is 10.4 Å². The Labute approximate surface area is 170 Å². The average Bonchev–Trinajstić information content (AvgIpc) is 2.65. The molecule has 0 aromatic heterocycles. The van der Waals surface area contributed by atoms with Crippen LogP contribution in [0.15, 0.2) is 72.8 Å². The number of aliphatic hydroxyl groups excluding tert-OH is 1. The minimum absolute atomic E-state index is 0.0552. The quantitative estimate of drug-likeness (QED) is 0.380. The molecule has 2 nitrogen and oxygen atoms in total. The number of benzene rings is 2. The zero-order valence-electron chi connectivity index (χ0n) is 16.6. The first kappa shape index (κ1) is 21.9. The van der Waals surface area contributed by atoms with Gasteiger partial charge in [0.15, 0.2) is 0 Å². The van der Waals surface area contributed by atoms with Crippen LogP contribution >= 0.6 is 11.6 Å². The first-order valence-corrected chi connectivity index (χ1v) is 11.9. The number of alkyl halides is 1. The predicted octanol–water partition coefficient (Wildman–Crippen LogP) is 4.50. The number of aliphatic hydroxyl groups is 1. The van der Waals surface area contributed by atoms with E-state index < -0.39 is 14.4 Å². The summed E-state index contributed by atoms with van der Waals surface area (Å²) in [6.45, 7) is 11.1. The van der Waals surface area contributed by atoms with Gasteiger partial charge < -0.3 is 9.53 Å². The topological polar surface area (TPSA) is 29.5 Å². The van der Waals surface area contributed by atoms with Crippen LogP contribution in [0.25, 0.3) is 0 Å². The van der Waals surface area contributed by atoms with Crippen LogP contribution in [-0.2, 0) is 4.43 Å². The maximum absolute atomic E-state index is 10.3. The lowest BCUT2D eigenvalue weighted by Crippen LogP contribution is -2.66. The largest absolute Gasteiger partial charge is 0.407 e. The number of hydrogen-bond acceptors (Lipinski definition) is 2. The Hall–Kier alpha value is -1.39. The van der Waals surface area contributed by atoms with E-state index >= 15 is 0 Å². The Morgan fingerprint density at radius 2 is 1.52 bits per heavy atom. The number of halogens is 1. The first-order chi connectivity index (χ1) is 12.8. The van der Waals surface area contributed by atoms with Crippen molar-refractivity contribution >= 4 is 30.3 Å². The zero-order valence-corrected chi connectivity index (χ0v) is 18.4. The van der Waals surface area contributed by atoms with E-state index in [1.54, 1.807) is 0 Å². The fraction of sp³-hybridized carbons (Fsp3) is 0.391. The van der Waals surface area contributed by atoms with E-state index in [-0.39, 0.29) is 5.04 Å². The van der Waals surface area contributed by atoms with Crippen molar-refractivity contribution in [2.75, 3.05) is 12.5 Å². The van der Waals surface area contributed by atoms with Gasteiger partial charge in [-0.2, -0.15) is 0 Å². The molecule has 0 saturated carbocycles. The van der Waals surface area contributed by atoms with Gasteiger partial charge in [0.2, 0.25) is 0 Å². The van der Waals surface area contributed by atoms with Gasteiger partial charge in [-0.1, -0.05) is 93.6 Å². The number of rotatable bonds is 9. The molecule has 146 valence electrons. The molecule has 0 spiro atoms. The van der Waals surface area contributed by atoms with Crippen molar-refractivity contribution in [3.05, 3.63) is 72.8 Å². The van der Waals surface area contributed by atoms with Crippen LogP contribution in [-0.4, -0.2) is 32.0 Å². The summed E-state index contributed by atoms with van der Waals surface area (Å²) in [4.78, 5) is 0. The highest BCUT2D eigenvalue weighted by Gasteiger charge is 2.50. The Kier molecular flexibility index (Phi) is 7.87. The highest BCUT2D eigenvalue weighted by molar-refractivity contribution is 6.99. The Morgan fingerprint density at radius 3 is 1.93 bits per heavy atom. The molecular formula is C23H31ClO2Si. The third kappa shape index (κ3) is 5.32. The fourth-order valence-electron chi connectivity index (χ4n) is 3.60. The molecule has 0 bridgehead atoms. The summed E-state index contributed by atoms with van der Waals surface area (Å²) in [7, 11) is -2.52. The third-order valence-corrected chi connectivity index (χ3v) is 10.3. The van der Waals surface area contributed by atoms with Gasteiger partial charge in [0.05, 0.1) is 6.10 Å². The Morgan fingerprint density at radius 1 is 1.04 bits per heavy atom. The minimum atomic E-state index is -2.52. The normalized spacial score (nSPS) is 13.4. The SMILES string of the molecule is C=C(CCl)C[C@H](O)CCO[Si](c1ccccc1)(c1ccccc1)C(C)(C)C. The molecule has 2 aromatic rings. The van der Waals surface area contributed by atoms with E-state index in [9.17, 15) is 5.11 Å². The van der Waals surface area contributed by atoms with Crippen LogP contribution in [0.2, 0.25) is 5.04 Å². The van der Waals surface area contributed by atoms with Crippen molar-refractivity contribution in [3.8, 4) is 0 Å². The van der Waals surface area contributed by atoms with Crippen molar-refractivity contribution < 1.29 is 9.53 Å². The summed E-state index contributed by atoms with van der Waals surface area (Å²) in [6.07, 6.45) is 0.614. The van der Waals surface area contributed by atoms with E-state index in [2.05, 4.69) is 75.9 Å². The highest BCUT2D eigenvalue weighted by atomic mass is 35.5. The van der Waals surface area contributed by atoms with E-state index in [0.717, 1.165) is 5.57 Å². The molecule has 0 amide bonds. The van der Waals surface area contributed by atoms with Gasteiger partial charge in [-0.3, -0.25) is 0 Å². The molecule has 1 atom stereocenters. The summed E-state index contributed by atoms with van der Waals surface area (Å²) in [5.74, 6) is 0.382. The van der Waals surface area contributed by atoms with Gasteiger partial charge in [0.25, 0.3) is 8.32 Å². The van der Waals surface area contributed by atoms with Crippen molar-refractivity contribution in [3.63, 3.8) is 0 Å². The molecule has 0 aliphatic carbocycles. The molecule has 27 heavy (non-hydrogen) atoms. The highest BCUT2D eigenvalue weighted by Crippen LogP contribution is 2.36. The molecule has 1 N–H and O–H groups in total. The van der Waals surface area contributed by atoms with Crippen molar-refractivity contribution in [1.82, 2.24) is 0 Å². The number of hydrogen-bond donors (Lipinski definition) is 1. The molecule has 2 aromatic carbocycles. The maximum Gasteiger partial charge on any atom is 0.261 e. The third-order valence-electron chi connectivity index (χ3n) is 4.90. The van der Waals surface area contributed by atoms with Crippen LogP contribution in [0.5, 0.6) is 0 Å². The fourth-order valence-corrected chi connectivity index (χ4v) is 8.29. The lowest BCUT2D eigenvalue weighted by Gasteiger charge is -2.43. The van der Waals surface area contributed by atoms with Gasteiger partial charge in [-0.15, -0.1) is 11.6 Å². The second-order valence-corrected chi connectivity index (χ2v) is 12.6. The van der Waals surface area contributed by atoms with Crippen molar-refractivity contribution in [1.29, 1.82) is 0 Å². The molecule has 0 aliphatic rings. The Bertz CT molecular complexity index is 671. The molecule has 0 saturated heterocycles. The zero-order chi connectivity index (χ0) is 19.9. The van der Waals surface area contributed by atoms with Gasteiger partial charge in [0, 0.05) is 12.5 Å².